The highest BCUT2D eigenvalue weighted by molar-refractivity contribution is 6.30. The topological polar surface area (TPSA) is 79.2 Å². The second-order valence-electron chi connectivity index (χ2n) is 8.65. The number of amides is 2. The molecule has 32 heavy (non-hydrogen) atoms. The van der Waals surface area contributed by atoms with Crippen LogP contribution in [0.2, 0.25) is 5.02 Å². The van der Waals surface area contributed by atoms with Crippen LogP contribution in [0.3, 0.4) is 0 Å². The molecule has 0 radical (unpaired) electrons. The predicted octanol–water partition coefficient (Wildman–Crippen LogP) is 6.11. The number of urea groups is 1. The molecular formula is C25H25ClN4O2. The number of rotatable bonds is 4. The Balaban J connectivity index is 1.69. The first kappa shape index (κ1) is 21.9. The van der Waals surface area contributed by atoms with Crippen molar-refractivity contribution in [1.82, 2.24) is 9.78 Å². The summed E-state index contributed by atoms with van der Waals surface area (Å²) in [6.45, 7) is 6.19. The van der Waals surface area contributed by atoms with Gasteiger partial charge in [-0.25, -0.2) is 9.48 Å². The van der Waals surface area contributed by atoms with Gasteiger partial charge >= 0.3 is 6.03 Å². The van der Waals surface area contributed by atoms with Crippen molar-refractivity contribution in [3.05, 3.63) is 83.0 Å². The van der Waals surface area contributed by atoms with Gasteiger partial charge in [-0.15, -0.1) is 5.10 Å². The molecule has 0 atom stereocenters. The fourth-order valence-electron chi connectivity index (χ4n) is 3.61. The Bertz CT molecular complexity index is 1270. The number of nitrogens with zero attached hydrogens (tertiary/aromatic N) is 2. The third-order valence-corrected chi connectivity index (χ3v) is 5.42. The average molecular weight is 449 g/mol. The van der Waals surface area contributed by atoms with Gasteiger partial charge in [0, 0.05) is 22.2 Å². The molecule has 1 heterocycles. The van der Waals surface area contributed by atoms with Crippen LogP contribution >= 0.6 is 11.6 Å². The molecule has 164 valence electrons. The van der Waals surface area contributed by atoms with E-state index in [-0.39, 0.29) is 12.0 Å². The van der Waals surface area contributed by atoms with Crippen LogP contribution in [0.15, 0.2) is 66.7 Å². The highest BCUT2D eigenvalue weighted by Gasteiger charge is 2.23. The number of hydrogen-bond donors (Lipinski definition) is 3. The summed E-state index contributed by atoms with van der Waals surface area (Å²) in [4.78, 5) is 12.5. The number of aliphatic hydroxyl groups is 1. The maximum Gasteiger partial charge on any atom is 0.324 e. The van der Waals surface area contributed by atoms with Crippen LogP contribution in [0.5, 0.6) is 0 Å². The van der Waals surface area contributed by atoms with Crippen molar-refractivity contribution in [2.24, 2.45) is 0 Å². The van der Waals surface area contributed by atoms with E-state index in [0.29, 0.717) is 16.5 Å². The first-order valence-electron chi connectivity index (χ1n) is 10.3. The van der Waals surface area contributed by atoms with Gasteiger partial charge < -0.3 is 10.4 Å². The Hall–Kier alpha value is -3.35. The van der Waals surface area contributed by atoms with Crippen molar-refractivity contribution in [2.75, 3.05) is 10.6 Å². The molecule has 6 nitrogen and oxygen atoms in total. The van der Waals surface area contributed by atoms with Crippen LogP contribution in [0.4, 0.5) is 16.3 Å². The van der Waals surface area contributed by atoms with Gasteiger partial charge in [0.05, 0.1) is 18.0 Å². The second-order valence-corrected chi connectivity index (χ2v) is 9.08. The van der Waals surface area contributed by atoms with Crippen LogP contribution in [0, 0.1) is 0 Å². The standard InChI is InChI=1S/C25H25ClN4O2/c1-25(2,3)22-14-23(28-24(32)27-19-10-8-18(26)9-11-19)29-30(22)20-12-16-6-4-5-7-21(16)17(13-20)15-31/h4-14,31H,15H2,1-3H3,(H2,27,28,29,32). The number of carbonyl (C=O) groups excluding carboxylic acids is 1. The molecule has 0 fully saturated rings. The molecular weight excluding hydrogens is 424 g/mol. The molecule has 0 spiro atoms. The minimum Gasteiger partial charge on any atom is -0.392 e. The van der Waals surface area contributed by atoms with Gasteiger partial charge in [-0.05, 0) is 52.7 Å². The summed E-state index contributed by atoms with van der Waals surface area (Å²) in [5.74, 6) is 0.431. The zero-order valence-electron chi connectivity index (χ0n) is 18.2. The predicted molar refractivity (Wildman–Crippen MR) is 130 cm³/mol. The minimum absolute atomic E-state index is 0.0743. The third kappa shape index (κ3) is 4.61. The van der Waals surface area contributed by atoms with E-state index in [9.17, 15) is 9.90 Å². The zero-order chi connectivity index (χ0) is 22.9. The number of nitrogens with one attached hydrogen (secondary N) is 2. The molecule has 7 heteroatoms. The Labute approximate surface area is 191 Å². The molecule has 0 aliphatic heterocycles. The van der Waals surface area contributed by atoms with Crippen molar-refractivity contribution >= 4 is 39.9 Å². The van der Waals surface area contributed by atoms with Crippen LogP contribution < -0.4 is 10.6 Å². The van der Waals surface area contributed by atoms with Crippen molar-refractivity contribution in [2.45, 2.75) is 32.8 Å². The number of carbonyl (C=O) groups is 1. The zero-order valence-corrected chi connectivity index (χ0v) is 18.9. The van der Waals surface area contributed by atoms with E-state index in [1.165, 1.54) is 0 Å². The Morgan fingerprint density at radius 1 is 1.03 bits per heavy atom. The van der Waals surface area contributed by atoms with E-state index in [4.69, 9.17) is 11.6 Å². The van der Waals surface area contributed by atoms with Gasteiger partial charge in [-0.2, -0.15) is 0 Å². The number of anilines is 2. The van der Waals surface area contributed by atoms with Crippen molar-refractivity contribution in [3.63, 3.8) is 0 Å². The van der Waals surface area contributed by atoms with Crippen molar-refractivity contribution < 1.29 is 9.90 Å². The highest BCUT2D eigenvalue weighted by Crippen LogP contribution is 2.30. The number of aromatic nitrogens is 2. The number of aliphatic hydroxyl groups excluding tert-OH is 1. The maximum atomic E-state index is 12.5. The molecule has 2 amide bonds. The molecule has 0 bridgehead atoms. The maximum absolute atomic E-state index is 12.5. The van der Waals surface area contributed by atoms with Crippen molar-refractivity contribution in [3.8, 4) is 5.69 Å². The van der Waals surface area contributed by atoms with Gasteiger partial charge in [-0.1, -0.05) is 56.6 Å². The third-order valence-electron chi connectivity index (χ3n) is 5.17. The summed E-state index contributed by atoms with van der Waals surface area (Å²) in [6.07, 6.45) is 0. The van der Waals surface area contributed by atoms with Gasteiger partial charge in [0.2, 0.25) is 0 Å². The molecule has 0 aliphatic rings. The summed E-state index contributed by atoms with van der Waals surface area (Å²) < 4.78 is 1.82. The van der Waals surface area contributed by atoms with E-state index >= 15 is 0 Å². The molecule has 0 aliphatic carbocycles. The fourth-order valence-corrected chi connectivity index (χ4v) is 3.74. The van der Waals surface area contributed by atoms with E-state index < -0.39 is 6.03 Å². The molecule has 3 N–H and O–H groups in total. The molecule has 0 saturated carbocycles. The van der Waals surface area contributed by atoms with Gasteiger partial charge in [0.1, 0.15) is 0 Å². The lowest BCUT2D eigenvalue weighted by atomic mass is 9.92. The monoisotopic (exact) mass is 448 g/mol. The summed E-state index contributed by atoms with van der Waals surface area (Å²) in [5.41, 5.74) is 2.97. The lowest BCUT2D eigenvalue weighted by Crippen LogP contribution is -2.19. The lowest BCUT2D eigenvalue weighted by Gasteiger charge is -2.20. The normalized spacial score (nSPS) is 11.5. The summed E-state index contributed by atoms with van der Waals surface area (Å²) >= 11 is 5.90. The average Bonchev–Trinajstić information content (AvgIpc) is 3.19. The molecule has 0 saturated heterocycles. The summed E-state index contributed by atoms with van der Waals surface area (Å²) in [6, 6.07) is 20.2. The van der Waals surface area contributed by atoms with Gasteiger partial charge in [-0.3, -0.25) is 5.32 Å². The smallest absolute Gasteiger partial charge is 0.324 e. The van der Waals surface area contributed by atoms with Gasteiger partial charge in [0.15, 0.2) is 5.82 Å². The van der Waals surface area contributed by atoms with E-state index in [2.05, 4.69) is 36.5 Å². The van der Waals surface area contributed by atoms with E-state index in [1.807, 2.05) is 47.1 Å². The molecule has 4 aromatic rings. The molecule has 1 aromatic heterocycles. The number of hydrogen-bond acceptors (Lipinski definition) is 3. The summed E-state index contributed by atoms with van der Waals surface area (Å²) in [7, 11) is 0. The SMILES string of the molecule is CC(C)(C)c1cc(NC(=O)Nc2ccc(Cl)cc2)nn1-c1cc(CO)c2ccccc2c1. The van der Waals surface area contributed by atoms with Crippen LogP contribution in [-0.2, 0) is 12.0 Å². The van der Waals surface area contributed by atoms with Crippen LogP contribution in [-0.4, -0.2) is 20.9 Å². The quantitative estimate of drug-likeness (QED) is 0.352. The first-order chi connectivity index (χ1) is 15.2. The lowest BCUT2D eigenvalue weighted by molar-refractivity contribution is 0.262. The minimum atomic E-state index is -0.396. The molecule has 4 rings (SSSR count). The van der Waals surface area contributed by atoms with Crippen LogP contribution in [0.1, 0.15) is 32.0 Å². The van der Waals surface area contributed by atoms with Crippen molar-refractivity contribution in [1.29, 1.82) is 0 Å². The molecule has 0 unspecified atom stereocenters. The number of fused-ring (bicyclic) bond motifs is 1. The Morgan fingerprint density at radius 3 is 2.44 bits per heavy atom. The Kier molecular flexibility index (Phi) is 5.91. The van der Waals surface area contributed by atoms with Crippen LogP contribution in [0.25, 0.3) is 16.5 Å². The van der Waals surface area contributed by atoms with E-state index in [1.54, 1.807) is 24.3 Å². The van der Waals surface area contributed by atoms with E-state index in [0.717, 1.165) is 27.7 Å². The molecule has 3 aromatic carbocycles. The Morgan fingerprint density at radius 2 is 1.75 bits per heavy atom. The largest absolute Gasteiger partial charge is 0.392 e. The first-order valence-corrected chi connectivity index (χ1v) is 10.7. The fraction of sp³-hybridized carbons (Fsp3) is 0.200. The second kappa shape index (κ2) is 8.65. The number of halogens is 1. The highest BCUT2D eigenvalue weighted by atomic mass is 35.5. The number of benzene rings is 3. The van der Waals surface area contributed by atoms with Gasteiger partial charge in [0.25, 0.3) is 0 Å². The summed E-state index contributed by atoms with van der Waals surface area (Å²) in [5, 5.41) is 22.8.